The third-order valence-corrected chi connectivity index (χ3v) is 6.23. The minimum Gasteiger partial charge on any atom is -0.393 e. The van der Waals surface area contributed by atoms with Crippen molar-refractivity contribution < 1.29 is 22.9 Å². The molecule has 1 aliphatic heterocycles. The Morgan fingerprint density at radius 3 is 2.82 bits per heavy atom. The number of sulfonamides is 1. The number of aromatic nitrogens is 2. The van der Waals surface area contributed by atoms with Gasteiger partial charge >= 0.3 is 0 Å². The van der Waals surface area contributed by atoms with Gasteiger partial charge in [-0.25, -0.2) is 17.8 Å². The second-order valence-electron chi connectivity index (χ2n) is 7.00. The van der Waals surface area contributed by atoms with Crippen molar-refractivity contribution >= 4 is 15.9 Å². The molecule has 0 unspecified atom stereocenters. The maximum atomic E-state index is 12.6. The Kier molecular flexibility index (Phi) is 6.11. The van der Waals surface area contributed by atoms with E-state index in [1.54, 1.807) is 36.9 Å². The van der Waals surface area contributed by atoms with E-state index in [-0.39, 0.29) is 23.8 Å². The number of nitrogens with zero attached hydrogens (tertiary/aromatic N) is 3. The van der Waals surface area contributed by atoms with Crippen LogP contribution >= 0.6 is 0 Å². The Labute approximate surface area is 163 Å². The molecule has 0 spiro atoms. The Morgan fingerprint density at radius 1 is 1.36 bits per heavy atom. The van der Waals surface area contributed by atoms with Crippen LogP contribution in [0.15, 0.2) is 27.7 Å². The highest BCUT2D eigenvalue weighted by atomic mass is 32.2. The van der Waals surface area contributed by atoms with Gasteiger partial charge in [0.2, 0.25) is 15.9 Å². The van der Waals surface area contributed by atoms with Gasteiger partial charge in [0.15, 0.2) is 0 Å². The average Bonchev–Trinajstić information content (AvgIpc) is 3.05. The van der Waals surface area contributed by atoms with Crippen molar-refractivity contribution in [2.24, 2.45) is 0 Å². The quantitative estimate of drug-likeness (QED) is 0.685. The van der Waals surface area contributed by atoms with E-state index in [1.807, 2.05) is 0 Å². The summed E-state index contributed by atoms with van der Waals surface area (Å²) in [6.07, 6.45) is 0.522. The number of nitrogens with one attached hydrogen (secondary N) is 1. The fraction of sp³-hybridized carbons (Fsp3) is 0.500. The first kappa shape index (κ1) is 20.4. The van der Waals surface area contributed by atoms with Gasteiger partial charge in [0.1, 0.15) is 11.4 Å². The van der Waals surface area contributed by atoms with Crippen LogP contribution in [0.5, 0.6) is 0 Å². The van der Waals surface area contributed by atoms with Crippen molar-refractivity contribution in [3.63, 3.8) is 0 Å². The Hall–Kier alpha value is -2.30. The van der Waals surface area contributed by atoms with Gasteiger partial charge in [-0.2, -0.15) is 0 Å². The van der Waals surface area contributed by atoms with Gasteiger partial charge in [0.25, 0.3) is 0 Å². The number of amides is 1. The summed E-state index contributed by atoms with van der Waals surface area (Å²) in [4.78, 5) is 14.4. The average molecular weight is 408 g/mol. The smallest absolute Gasteiger partial charge is 0.240 e. The molecule has 152 valence electrons. The lowest BCUT2D eigenvalue weighted by atomic mass is 9.99. The van der Waals surface area contributed by atoms with E-state index in [4.69, 9.17) is 0 Å². The topological polar surface area (TPSA) is 126 Å². The summed E-state index contributed by atoms with van der Waals surface area (Å²) in [6, 6.07) is 4.99. The second-order valence-corrected chi connectivity index (χ2v) is 8.77. The largest absolute Gasteiger partial charge is 0.393 e. The predicted octanol–water partition coefficient (Wildman–Crippen LogP) is 0.555. The normalized spacial score (nSPS) is 15.3. The van der Waals surface area contributed by atoms with Crippen LogP contribution in [-0.2, 0) is 34.2 Å². The summed E-state index contributed by atoms with van der Waals surface area (Å²) in [6.45, 7) is 4.40. The highest BCUT2D eigenvalue weighted by Crippen LogP contribution is 2.23. The number of carbonyl (C=O) groups excluding carboxylic acids is 1. The van der Waals surface area contributed by atoms with Crippen molar-refractivity contribution in [3.8, 4) is 0 Å². The monoisotopic (exact) mass is 408 g/mol. The molecule has 0 bridgehead atoms. The predicted molar refractivity (Wildman–Crippen MR) is 99.8 cm³/mol. The number of hydrogen-bond acceptors (Lipinski definition) is 7. The van der Waals surface area contributed by atoms with Crippen LogP contribution in [0, 0.1) is 6.92 Å². The standard InChI is InChI=1S/C18H24N4O5S/c1-12(23)5-7-19-28(25,26)16-4-3-14-6-8-22(11-15(14)9-16)18(24)10-17-13(2)20-27-21-17/h3-4,9,12,19,23H,5-8,10-11H2,1-2H3/t12-/m0/s1. The van der Waals surface area contributed by atoms with E-state index in [0.29, 0.717) is 37.3 Å². The van der Waals surface area contributed by atoms with Gasteiger partial charge < -0.3 is 10.0 Å². The number of aryl methyl sites for hydroxylation is 1. The van der Waals surface area contributed by atoms with E-state index in [1.165, 1.54) is 0 Å². The molecule has 1 amide bonds. The fourth-order valence-corrected chi connectivity index (χ4v) is 4.16. The molecule has 0 saturated heterocycles. The highest BCUT2D eigenvalue weighted by molar-refractivity contribution is 7.89. The van der Waals surface area contributed by atoms with Gasteiger partial charge in [0, 0.05) is 19.6 Å². The summed E-state index contributed by atoms with van der Waals surface area (Å²) < 4.78 is 32.0. The molecule has 1 aromatic heterocycles. The molecule has 1 aromatic carbocycles. The molecule has 0 saturated carbocycles. The number of hydrogen-bond donors (Lipinski definition) is 2. The van der Waals surface area contributed by atoms with Crippen molar-refractivity contribution in [1.29, 1.82) is 0 Å². The number of benzene rings is 1. The molecule has 2 N–H and O–H groups in total. The van der Waals surface area contributed by atoms with Crippen LogP contribution in [0.25, 0.3) is 0 Å². The molecule has 28 heavy (non-hydrogen) atoms. The minimum atomic E-state index is -3.67. The molecule has 3 rings (SSSR count). The molecule has 0 fully saturated rings. The van der Waals surface area contributed by atoms with E-state index < -0.39 is 16.1 Å². The molecule has 1 aliphatic rings. The first-order valence-corrected chi connectivity index (χ1v) is 10.6. The molecular formula is C18H24N4O5S. The van der Waals surface area contributed by atoms with Crippen molar-refractivity contribution in [2.45, 2.75) is 50.7 Å². The molecular weight excluding hydrogens is 384 g/mol. The number of aliphatic hydroxyl groups is 1. The summed E-state index contributed by atoms with van der Waals surface area (Å²) in [5, 5.41) is 16.7. The first-order chi connectivity index (χ1) is 13.3. The van der Waals surface area contributed by atoms with Gasteiger partial charge in [-0.15, -0.1) is 0 Å². The van der Waals surface area contributed by atoms with Crippen LogP contribution in [-0.4, -0.2) is 53.8 Å². The molecule has 10 heteroatoms. The van der Waals surface area contributed by atoms with Crippen LogP contribution in [0.4, 0.5) is 0 Å². The maximum Gasteiger partial charge on any atom is 0.240 e. The van der Waals surface area contributed by atoms with Gasteiger partial charge in [0.05, 0.1) is 17.4 Å². The van der Waals surface area contributed by atoms with Gasteiger partial charge in [-0.1, -0.05) is 16.4 Å². The molecule has 1 atom stereocenters. The highest BCUT2D eigenvalue weighted by Gasteiger charge is 2.24. The van der Waals surface area contributed by atoms with Crippen molar-refractivity contribution in [2.75, 3.05) is 13.1 Å². The van der Waals surface area contributed by atoms with Crippen LogP contribution in [0.1, 0.15) is 35.9 Å². The maximum absolute atomic E-state index is 12.6. The minimum absolute atomic E-state index is 0.101. The first-order valence-electron chi connectivity index (χ1n) is 9.11. The summed E-state index contributed by atoms with van der Waals surface area (Å²) in [5.74, 6) is -0.104. The zero-order valence-corrected chi connectivity index (χ0v) is 16.7. The fourth-order valence-electron chi connectivity index (χ4n) is 3.06. The van der Waals surface area contributed by atoms with E-state index >= 15 is 0 Å². The number of carbonyl (C=O) groups is 1. The molecule has 2 heterocycles. The van der Waals surface area contributed by atoms with E-state index in [0.717, 1.165) is 11.1 Å². The van der Waals surface area contributed by atoms with E-state index in [9.17, 15) is 18.3 Å². The third kappa shape index (κ3) is 4.75. The lowest BCUT2D eigenvalue weighted by molar-refractivity contribution is -0.131. The molecule has 0 radical (unpaired) electrons. The van der Waals surface area contributed by atoms with Crippen LogP contribution in [0.3, 0.4) is 0 Å². The van der Waals surface area contributed by atoms with Crippen molar-refractivity contribution in [3.05, 3.63) is 40.7 Å². The summed E-state index contributed by atoms with van der Waals surface area (Å²) >= 11 is 0. The SMILES string of the molecule is Cc1nonc1CC(=O)N1CCc2ccc(S(=O)(=O)NCC[C@H](C)O)cc2C1. The lowest BCUT2D eigenvalue weighted by Gasteiger charge is -2.29. The summed E-state index contributed by atoms with van der Waals surface area (Å²) in [5.41, 5.74) is 2.94. The zero-order chi connectivity index (χ0) is 20.3. The molecule has 2 aromatic rings. The van der Waals surface area contributed by atoms with Crippen LogP contribution in [0.2, 0.25) is 0 Å². The number of fused-ring (bicyclic) bond motifs is 1. The third-order valence-electron chi connectivity index (χ3n) is 4.77. The Balaban J connectivity index is 1.71. The van der Waals surface area contributed by atoms with E-state index in [2.05, 4.69) is 19.7 Å². The summed E-state index contributed by atoms with van der Waals surface area (Å²) in [7, 11) is -3.67. The second kappa shape index (κ2) is 8.38. The van der Waals surface area contributed by atoms with Gasteiger partial charge in [-0.3, -0.25) is 4.79 Å². The van der Waals surface area contributed by atoms with Crippen LogP contribution < -0.4 is 4.72 Å². The zero-order valence-electron chi connectivity index (χ0n) is 15.9. The Morgan fingerprint density at radius 2 is 2.14 bits per heavy atom. The van der Waals surface area contributed by atoms with Gasteiger partial charge in [-0.05, 0) is 49.9 Å². The Bertz CT molecular complexity index is 955. The van der Waals surface area contributed by atoms with Crippen molar-refractivity contribution in [1.82, 2.24) is 19.9 Å². The number of rotatable bonds is 7. The number of aliphatic hydroxyl groups excluding tert-OH is 1. The molecule has 9 nitrogen and oxygen atoms in total. The lowest BCUT2D eigenvalue weighted by Crippen LogP contribution is -2.37. The molecule has 0 aliphatic carbocycles.